The molecular weight excluding hydrogens is 407 g/mol. The van der Waals surface area contributed by atoms with Gasteiger partial charge in [-0.2, -0.15) is 0 Å². The van der Waals surface area contributed by atoms with Crippen LogP contribution in [0.25, 0.3) is 0 Å². The molecule has 0 radical (unpaired) electrons. The highest BCUT2D eigenvalue weighted by molar-refractivity contribution is 9.10. The molecule has 0 aromatic heterocycles. The van der Waals surface area contributed by atoms with Crippen LogP contribution in [-0.2, 0) is 6.61 Å². The van der Waals surface area contributed by atoms with Crippen molar-refractivity contribution in [2.45, 2.75) is 13.5 Å². The topological polar surface area (TPSA) is 26.3 Å². The van der Waals surface area contributed by atoms with Gasteiger partial charge in [0.15, 0.2) is 6.29 Å². The largest absolute Gasteiger partial charge is 0.488 e. The van der Waals surface area contributed by atoms with E-state index >= 15 is 0 Å². The number of ether oxygens (including phenoxy) is 1. The van der Waals surface area contributed by atoms with Crippen LogP contribution in [0, 0.1) is 6.92 Å². The molecule has 0 saturated heterocycles. The molecule has 0 aliphatic rings. The first-order valence-corrected chi connectivity index (χ1v) is 7.79. The van der Waals surface area contributed by atoms with E-state index in [4.69, 9.17) is 16.3 Å². The Morgan fingerprint density at radius 3 is 2.65 bits per heavy atom. The number of aldehydes is 1. The molecule has 5 heteroatoms. The molecule has 2 nitrogen and oxygen atoms in total. The smallest absolute Gasteiger partial charge is 0.153 e. The predicted molar refractivity (Wildman–Crippen MR) is 87.8 cm³/mol. The standard InChI is InChI=1S/C15H11Br2ClO2/c1-9-4-12(16)6-11(7-19)15(9)20-8-10-2-3-14(18)13(17)5-10/h2-7H,8H2,1H3. The van der Waals surface area contributed by atoms with E-state index in [-0.39, 0.29) is 0 Å². The summed E-state index contributed by atoms with van der Waals surface area (Å²) in [7, 11) is 0. The normalized spacial score (nSPS) is 10.4. The summed E-state index contributed by atoms with van der Waals surface area (Å²) in [5.41, 5.74) is 2.42. The van der Waals surface area contributed by atoms with Crippen LogP contribution in [0.3, 0.4) is 0 Å². The summed E-state index contributed by atoms with van der Waals surface area (Å²) in [6.45, 7) is 2.28. The van der Waals surface area contributed by atoms with Gasteiger partial charge in [-0.1, -0.05) is 33.6 Å². The van der Waals surface area contributed by atoms with Crippen molar-refractivity contribution in [3.8, 4) is 5.75 Å². The quantitative estimate of drug-likeness (QED) is 0.607. The third-order valence-corrected chi connectivity index (χ3v) is 4.43. The molecule has 0 unspecified atom stereocenters. The first-order chi connectivity index (χ1) is 9.51. The molecule has 2 aromatic carbocycles. The highest BCUT2D eigenvalue weighted by Gasteiger charge is 2.09. The Bertz CT molecular complexity index is 657. The van der Waals surface area contributed by atoms with E-state index < -0.39 is 0 Å². The summed E-state index contributed by atoms with van der Waals surface area (Å²) in [4.78, 5) is 11.1. The molecule has 2 aromatic rings. The molecular formula is C15H11Br2ClO2. The van der Waals surface area contributed by atoms with Crippen molar-refractivity contribution in [1.29, 1.82) is 0 Å². The molecule has 0 spiro atoms. The summed E-state index contributed by atoms with van der Waals surface area (Å²) in [5, 5.41) is 0.655. The van der Waals surface area contributed by atoms with Crippen molar-refractivity contribution >= 4 is 49.7 Å². The summed E-state index contributed by atoms with van der Waals surface area (Å²) in [6, 6.07) is 9.26. The monoisotopic (exact) mass is 416 g/mol. The van der Waals surface area contributed by atoms with Gasteiger partial charge in [0.1, 0.15) is 12.4 Å². The van der Waals surface area contributed by atoms with Crippen LogP contribution in [0.4, 0.5) is 0 Å². The average molecular weight is 419 g/mol. The van der Waals surface area contributed by atoms with E-state index in [1.54, 1.807) is 12.1 Å². The van der Waals surface area contributed by atoms with E-state index in [1.807, 2.05) is 25.1 Å². The SMILES string of the molecule is Cc1cc(Br)cc(C=O)c1OCc1ccc(Cl)c(Br)c1. The number of hydrogen-bond acceptors (Lipinski definition) is 2. The molecule has 0 N–H and O–H groups in total. The van der Waals surface area contributed by atoms with Gasteiger partial charge in [-0.05, 0) is 58.2 Å². The molecule has 0 atom stereocenters. The number of hydrogen-bond donors (Lipinski definition) is 0. The van der Waals surface area contributed by atoms with Crippen molar-refractivity contribution in [1.82, 2.24) is 0 Å². The van der Waals surface area contributed by atoms with Crippen LogP contribution in [0.2, 0.25) is 5.02 Å². The zero-order chi connectivity index (χ0) is 14.7. The fraction of sp³-hybridized carbons (Fsp3) is 0.133. The zero-order valence-electron chi connectivity index (χ0n) is 10.6. The third kappa shape index (κ3) is 3.62. The molecule has 0 aliphatic heterocycles. The van der Waals surface area contributed by atoms with Crippen molar-refractivity contribution in [3.63, 3.8) is 0 Å². The van der Waals surface area contributed by atoms with Gasteiger partial charge in [0.25, 0.3) is 0 Å². The summed E-state index contributed by atoms with van der Waals surface area (Å²) >= 11 is 12.7. The van der Waals surface area contributed by atoms with Crippen molar-refractivity contribution in [2.75, 3.05) is 0 Å². The lowest BCUT2D eigenvalue weighted by Crippen LogP contribution is -2.00. The van der Waals surface area contributed by atoms with Gasteiger partial charge < -0.3 is 4.74 Å². The van der Waals surface area contributed by atoms with Gasteiger partial charge >= 0.3 is 0 Å². The van der Waals surface area contributed by atoms with Crippen molar-refractivity contribution in [3.05, 3.63) is 61.0 Å². The Balaban J connectivity index is 2.22. The molecule has 0 amide bonds. The Morgan fingerprint density at radius 1 is 1.25 bits per heavy atom. The van der Waals surface area contributed by atoms with Crippen LogP contribution >= 0.6 is 43.5 Å². The number of carbonyl (C=O) groups is 1. The highest BCUT2D eigenvalue weighted by atomic mass is 79.9. The molecule has 20 heavy (non-hydrogen) atoms. The van der Waals surface area contributed by atoms with Crippen molar-refractivity contribution < 1.29 is 9.53 Å². The minimum absolute atomic E-state index is 0.374. The molecule has 2 rings (SSSR count). The third-order valence-electron chi connectivity index (χ3n) is 2.76. The van der Waals surface area contributed by atoms with E-state index in [0.717, 1.165) is 26.4 Å². The summed E-state index contributed by atoms with van der Waals surface area (Å²) < 4.78 is 7.46. The highest BCUT2D eigenvalue weighted by Crippen LogP contribution is 2.28. The van der Waals surface area contributed by atoms with Crippen LogP contribution in [0.5, 0.6) is 5.75 Å². The van der Waals surface area contributed by atoms with Gasteiger partial charge in [0, 0.05) is 8.95 Å². The van der Waals surface area contributed by atoms with Crippen LogP contribution in [0.15, 0.2) is 39.3 Å². The second kappa shape index (κ2) is 6.74. The predicted octanol–water partition coefficient (Wildman–Crippen LogP) is 5.56. The number of rotatable bonds is 4. The zero-order valence-corrected chi connectivity index (χ0v) is 14.5. The lowest BCUT2D eigenvalue weighted by molar-refractivity contribution is 0.111. The second-order valence-corrected chi connectivity index (χ2v) is 6.47. The maximum absolute atomic E-state index is 11.1. The average Bonchev–Trinajstić information content (AvgIpc) is 2.40. The maximum Gasteiger partial charge on any atom is 0.153 e. The van der Waals surface area contributed by atoms with Crippen LogP contribution in [-0.4, -0.2) is 6.29 Å². The lowest BCUT2D eigenvalue weighted by Gasteiger charge is -2.12. The fourth-order valence-electron chi connectivity index (χ4n) is 1.83. The number of halogens is 3. The maximum atomic E-state index is 11.1. The van der Waals surface area contributed by atoms with Gasteiger partial charge in [0.2, 0.25) is 0 Å². The van der Waals surface area contributed by atoms with Crippen LogP contribution < -0.4 is 4.74 Å². The van der Waals surface area contributed by atoms with E-state index in [2.05, 4.69) is 31.9 Å². The van der Waals surface area contributed by atoms with Gasteiger partial charge in [-0.25, -0.2) is 0 Å². The number of benzene rings is 2. The Kier molecular flexibility index (Phi) is 5.24. The number of carbonyl (C=O) groups excluding carboxylic acids is 1. The molecule has 104 valence electrons. The Labute approximate surface area is 139 Å². The molecule has 0 aliphatic carbocycles. The summed E-state index contributed by atoms with van der Waals surface area (Å²) in [5.74, 6) is 0.606. The Morgan fingerprint density at radius 2 is 2.00 bits per heavy atom. The van der Waals surface area contributed by atoms with E-state index in [0.29, 0.717) is 22.9 Å². The second-order valence-electron chi connectivity index (χ2n) is 4.30. The minimum atomic E-state index is 0.374. The van der Waals surface area contributed by atoms with Crippen molar-refractivity contribution in [2.24, 2.45) is 0 Å². The lowest BCUT2D eigenvalue weighted by atomic mass is 10.1. The van der Waals surface area contributed by atoms with Crippen LogP contribution in [0.1, 0.15) is 21.5 Å². The molecule has 0 fully saturated rings. The van der Waals surface area contributed by atoms with E-state index in [9.17, 15) is 4.79 Å². The number of aryl methyl sites for hydroxylation is 1. The molecule has 0 bridgehead atoms. The Hall–Kier alpha value is -0.840. The minimum Gasteiger partial charge on any atom is -0.488 e. The summed E-state index contributed by atoms with van der Waals surface area (Å²) in [6.07, 6.45) is 0.796. The first-order valence-electron chi connectivity index (χ1n) is 5.83. The first kappa shape index (κ1) is 15.5. The van der Waals surface area contributed by atoms with Gasteiger partial charge in [-0.15, -0.1) is 0 Å². The fourth-order valence-corrected chi connectivity index (χ4v) is 2.96. The van der Waals surface area contributed by atoms with Gasteiger partial charge in [0.05, 0.1) is 10.6 Å². The van der Waals surface area contributed by atoms with E-state index in [1.165, 1.54) is 0 Å². The molecule has 0 heterocycles. The molecule has 0 saturated carbocycles. The van der Waals surface area contributed by atoms with Gasteiger partial charge in [-0.3, -0.25) is 4.79 Å².